The van der Waals surface area contributed by atoms with Gasteiger partial charge >= 0.3 is 0 Å². The van der Waals surface area contributed by atoms with Crippen LogP contribution < -0.4 is 14.4 Å². The molecule has 1 unspecified atom stereocenters. The van der Waals surface area contributed by atoms with Gasteiger partial charge < -0.3 is 15.0 Å². The van der Waals surface area contributed by atoms with Crippen LogP contribution in [0, 0.1) is 5.82 Å². The van der Waals surface area contributed by atoms with Crippen molar-refractivity contribution in [3.63, 3.8) is 0 Å². The second kappa shape index (κ2) is 13.0. The molecule has 38 heavy (non-hydrogen) atoms. The lowest BCUT2D eigenvalue weighted by Crippen LogP contribution is -2.51. The molecule has 0 aliphatic rings. The van der Waals surface area contributed by atoms with E-state index in [0.29, 0.717) is 17.9 Å². The lowest BCUT2D eigenvalue weighted by atomic mass is 10.1. The Kier molecular flexibility index (Phi) is 9.84. The molecule has 0 aliphatic carbocycles. The largest absolute Gasteiger partial charge is 0.497 e. The van der Waals surface area contributed by atoms with E-state index in [1.807, 2.05) is 6.92 Å². The summed E-state index contributed by atoms with van der Waals surface area (Å²) >= 11 is 0. The van der Waals surface area contributed by atoms with Gasteiger partial charge in [-0.1, -0.05) is 37.3 Å². The number of para-hydroxylation sites is 1. The first-order chi connectivity index (χ1) is 18.2. The fourth-order valence-corrected chi connectivity index (χ4v) is 5.22. The zero-order valence-electron chi connectivity index (χ0n) is 21.6. The highest BCUT2D eigenvalue weighted by Gasteiger charge is 2.32. The predicted octanol–water partition coefficient (Wildman–Crippen LogP) is 3.97. The SMILES string of the molecule is CCCNC(=O)C(C)N(Cc1cccc(OC)c1)C(=O)CN(c1ccccc1)S(=O)(=O)c1ccc(F)cc1. The Morgan fingerprint density at radius 2 is 1.68 bits per heavy atom. The minimum absolute atomic E-state index is 0.0516. The highest BCUT2D eigenvalue weighted by atomic mass is 32.2. The Morgan fingerprint density at radius 3 is 2.32 bits per heavy atom. The molecular formula is C28H32FN3O5S. The van der Waals surface area contributed by atoms with Gasteiger partial charge in [0, 0.05) is 13.1 Å². The first-order valence-electron chi connectivity index (χ1n) is 12.2. The van der Waals surface area contributed by atoms with E-state index in [-0.39, 0.29) is 23.0 Å². The van der Waals surface area contributed by atoms with Gasteiger partial charge in [0.25, 0.3) is 10.0 Å². The number of carbonyl (C=O) groups is 2. The highest BCUT2D eigenvalue weighted by Crippen LogP contribution is 2.25. The van der Waals surface area contributed by atoms with E-state index in [9.17, 15) is 22.4 Å². The summed E-state index contributed by atoms with van der Waals surface area (Å²) in [5.74, 6) is -0.928. The predicted molar refractivity (Wildman–Crippen MR) is 144 cm³/mol. The highest BCUT2D eigenvalue weighted by molar-refractivity contribution is 7.92. The molecule has 0 bridgehead atoms. The van der Waals surface area contributed by atoms with Crippen LogP contribution in [0.2, 0.25) is 0 Å². The summed E-state index contributed by atoms with van der Waals surface area (Å²) in [6.07, 6.45) is 0.722. The quantitative estimate of drug-likeness (QED) is 0.374. The lowest BCUT2D eigenvalue weighted by molar-refractivity contribution is -0.139. The van der Waals surface area contributed by atoms with Crippen molar-refractivity contribution in [1.82, 2.24) is 10.2 Å². The molecule has 10 heteroatoms. The first-order valence-corrected chi connectivity index (χ1v) is 13.6. The molecule has 0 radical (unpaired) electrons. The van der Waals surface area contributed by atoms with Crippen LogP contribution in [0.1, 0.15) is 25.8 Å². The summed E-state index contributed by atoms with van der Waals surface area (Å²) in [5, 5.41) is 2.80. The zero-order chi connectivity index (χ0) is 27.7. The van der Waals surface area contributed by atoms with E-state index >= 15 is 0 Å². The summed E-state index contributed by atoms with van der Waals surface area (Å²) in [6.45, 7) is 3.45. The molecule has 0 aliphatic heterocycles. The maximum Gasteiger partial charge on any atom is 0.264 e. The summed E-state index contributed by atoms with van der Waals surface area (Å²) in [5.41, 5.74) is 0.968. The Balaban J connectivity index is 1.99. The molecule has 1 atom stereocenters. The summed E-state index contributed by atoms with van der Waals surface area (Å²) in [6, 6.07) is 18.8. The third-order valence-corrected chi connectivity index (χ3v) is 7.72. The Labute approximate surface area is 223 Å². The third-order valence-electron chi connectivity index (χ3n) is 5.93. The fraction of sp³-hybridized carbons (Fsp3) is 0.286. The number of benzene rings is 3. The van der Waals surface area contributed by atoms with Gasteiger partial charge in [0.2, 0.25) is 11.8 Å². The Morgan fingerprint density at radius 1 is 1.00 bits per heavy atom. The maximum atomic E-state index is 13.8. The van der Waals surface area contributed by atoms with Gasteiger partial charge in [0.05, 0.1) is 17.7 Å². The van der Waals surface area contributed by atoms with Crippen LogP contribution in [-0.2, 0) is 26.2 Å². The molecule has 0 saturated carbocycles. The molecule has 1 N–H and O–H groups in total. The van der Waals surface area contributed by atoms with Gasteiger partial charge in [-0.25, -0.2) is 12.8 Å². The molecule has 0 aromatic heterocycles. The number of hydrogen-bond donors (Lipinski definition) is 1. The molecule has 0 saturated heterocycles. The summed E-state index contributed by atoms with van der Waals surface area (Å²) in [7, 11) is -2.72. The van der Waals surface area contributed by atoms with E-state index in [0.717, 1.165) is 35.0 Å². The number of ether oxygens (including phenoxy) is 1. The van der Waals surface area contributed by atoms with Gasteiger partial charge in [0.1, 0.15) is 24.2 Å². The van der Waals surface area contributed by atoms with E-state index in [1.54, 1.807) is 61.5 Å². The average Bonchev–Trinajstić information content (AvgIpc) is 2.93. The van der Waals surface area contributed by atoms with Crippen molar-refractivity contribution < 1.29 is 27.1 Å². The lowest BCUT2D eigenvalue weighted by Gasteiger charge is -2.32. The Hall–Kier alpha value is -3.92. The van der Waals surface area contributed by atoms with E-state index in [1.165, 1.54) is 12.0 Å². The second-order valence-corrected chi connectivity index (χ2v) is 10.5. The number of carbonyl (C=O) groups excluding carboxylic acids is 2. The molecule has 0 spiro atoms. The third kappa shape index (κ3) is 7.10. The van der Waals surface area contributed by atoms with Gasteiger partial charge in [-0.2, -0.15) is 0 Å². The van der Waals surface area contributed by atoms with Gasteiger partial charge in [-0.15, -0.1) is 0 Å². The van der Waals surface area contributed by atoms with E-state index in [4.69, 9.17) is 4.74 Å². The Bertz CT molecular complexity index is 1330. The van der Waals surface area contributed by atoms with Crippen LogP contribution in [-0.4, -0.2) is 51.4 Å². The zero-order valence-corrected chi connectivity index (χ0v) is 22.4. The van der Waals surface area contributed by atoms with Crippen LogP contribution >= 0.6 is 0 Å². The minimum Gasteiger partial charge on any atom is -0.497 e. The number of amides is 2. The van der Waals surface area contributed by atoms with Crippen molar-refractivity contribution in [2.24, 2.45) is 0 Å². The van der Waals surface area contributed by atoms with Crippen molar-refractivity contribution in [2.45, 2.75) is 37.8 Å². The van der Waals surface area contributed by atoms with Crippen molar-refractivity contribution in [3.05, 3.63) is 90.2 Å². The number of sulfonamides is 1. The molecule has 2 amide bonds. The number of nitrogens with one attached hydrogen (secondary N) is 1. The van der Waals surface area contributed by atoms with Crippen molar-refractivity contribution in [2.75, 3.05) is 24.5 Å². The summed E-state index contributed by atoms with van der Waals surface area (Å²) in [4.78, 5) is 27.8. The number of rotatable bonds is 12. The molecule has 3 rings (SSSR count). The molecular weight excluding hydrogens is 509 g/mol. The van der Waals surface area contributed by atoms with Crippen LogP contribution in [0.15, 0.2) is 83.8 Å². The van der Waals surface area contributed by atoms with E-state index in [2.05, 4.69) is 5.32 Å². The van der Waals surface area contributed by atoms with E-state index < -0.39 is 34.3 Å². The molecule has 202 valence electrons. The van der Waals surface area contributed by atoms with Crippen molar-refractivity contribution in [1.29, 1.82) is 0 Å². The molecule has 3 aromatic carbocycles. The summed E-state index contributed by atoms with van der Waals surface area (Å²) < 4.78 is 47.0. The monoisotopic (exact) mass is 541 g/mol. The van der Waals surface area contributed by atoms with Gasteiger partial charge in [-0.05, 0) is 67.4 Å². The normalized spacial score (nSPS) is 11.9. The molecule has 0 fully saturated rings. The second-order valence-electron chi connectivity index (χ2n) is 8.64. The topological polar surface area (TPSA) is 96.0 Å². The first kappa shape index (κ1) is 28.6. The molecule has 3 aromatic rings. The average molecular weight is 542 g/mol. The van der Waals surface area contributed by atoms with Crippen LogP contribution in [0.25, 0.3) is 0 Å². The van der Waals surface area contributed by atoms with Crippen molar-refractivity contribution in [3.8, 4) is 5.75 Å². The van der Waals surface area contributed by atoms with Crippen molar-refractivity contribution >= 4 is 27.5 Å². The fourth-order valence-electron chi connectivity index (χ4n) is 3.80. The molecule has 8 nitrogen and oxygen atoms in total. The maximum absolute atomic E-state index is 13.8. The van der Waals surface area contributed by atoms with Gasteiger partial charge in [-0.3, -0.25) is 13.9 Å². The number of methoxy groups -OCH3 is 1. The minimum atomic E-state index is -4.24. The van der Waals surface area contributed by atoms with Crippen LogP contribution in [0.3, 0.4) is 0 Å². The number of halogens is 1. The van der Waals surface area contributed by atoms with Crippen LogP contribution in [0.5, 0.6) is 5.75 Å². The number of anilines is 1. The van der Waals surface area contributed by atoms with Gasteiger partial charge in [0.15, 0.2) is 0 Å². The standard InChI is InChI=1S/C28H32FN3O5S/c1-4-17-30-28(34)21(2)31(19-22-9-8-12-25(18-22)37-3)27(33)20-32(24-10-6-5-7-11-24)38(35,36)26-15-13-23(29)14-16-26/h5-16,18,21H,4,17,19-20H2,1-3H3,(H,30,34). The smallest absolute Gasteiger partial charge is 0.264 e. The molecule has 0 heterocycles. The number of hydrogen-bond acceptors (Lipinski definition) is 5. The van der Waals surface area contributed by atoms with Crippen LogP contribution in [0.4, 0.5) is 10.1 Å². The number of nitrogens with zero attached hydrogens (tertiary/aromatic N) is 2.